The van der Waals surface area contributed by atoms with Crippen LogP contribution in [0.15, 0.2) is 36.4 Å². The molecule has 0 aliphatic heterocycles. The van der Waals surface area contributed by atoms with E-state index in [9.17, 15) is 9.59 Å². The molecule has 0 bridgehead atoms. The summed E-state index contributed by atoms with van der Waals surface area (Å²) in [6, 6.07) is 11.4. The second-order valence-corrected chi connectivity index (χ2v) is 6.50. The number of aryl methyl sites for hydroxylation is 4. The third-order valence-corrected chi connectivity index (χ3v) is 3.99. The zero-order valence-electron chi connectivity index (χ0n) is 15.9. The standard InChI is InChI=1S/C21H25NO4/c1-13-6-8-18(15(3)10-13)22-21(24)17(5)26-20(23)12-25-19-9-7-14(2)11-16(19)4/h6-11,17H,12H2,1-5H3,(H,22,24)/t17-/m0/s1. The van der Waals surface area contributed by atoms with Crippen LogP contribution in [0.1, 0.15) is 29.2 Å². The minimum Gasteiger partial charge on any atom is -0.482 e. The van der Waals surface area contributed by atoms with Crippen LogP contribution in [-0.2, 0) is 14.3 Å². The number of carbonyl (C=O) groups excluding carboxylic acids is 2. The van der Waals surface area contributed by atoms with Crippen LogP contribution in [-0.4, -0.2) is 24.6 Å². The highest BCUT2D eigenvalue weighted by Crippen LogP contribution is 2.19. The Bertz CT molecular complexity index is 814. The Balaban J connectivity index is 1.86. The number of hydrogen-bond donors (Lipinski definition) is 1. The van der Waals surface area contributed by atoms with Crippen molar-refractivity contribution in [3.63, 3.8) is 0 Å². The van der Waals surface area contributed by atoms with Crippen molar-refractivity contribution >= 4 is 17.6 Å². The highest BCUT2D eigenvalue weighted by molar-refractivity contribution is 5.95. The number of carbonyl (C=O) groups is 2. The van der Waals surface area contributed by atoms with Gasteiger partial charge in [-0.15, -0.1) is 0 Å². The number of ether oxygens (including phenoxy) is 2. The van der Waals surface area contributed by atoms with Crippen LogP contribution in [0.4, 0.5) is 5.69 Å². The second-order valence-electron chi connectivity index (χ2n) is 6.50. The number of hydrogen-bond acceptors (Lipinski definition) is 4. The molecule has 0 saturated heterocycles. The van der Waals surface area contributed by atoms with Gasteiger partial charge in [-0.05, 0) is 57.9 Å². The molecule has 1 amide bonds. The molecule has 0 aliphatic rings. The first kappa shape index (κ1) is 19.5. The zero-order valence-corrected chi connectivity index (χ0v) is 15.9. The molecule has 138 valence electrons. The highest BCUT2D eigenvalue weighted by Gasteiger charge is 2.19. The monoisotopic (exact) mass is 355 g/mol. The van der Waals surface area contributed by atoms with Gasteiger partial charge in [-0.2, -0.15) is 0 Å². The van der Waals surface area contributed by atoms with Gasteiger partial charge in [0.25, 0.3) is 5.91 Å². The second kappa shape index (κ2) is 8.52. The summed E-state index contributed by atoms with van der Waals surface area (Å²) in [5.41, 5.74) is 4.83. The molecule has 26 heavy (non-hydrogen) atoms. The lowest BCUT2D eigenvalue weighted by Gasteiger charge is -2.15. The van der Waals surface area contributed by atoms with Crippen molar-refractivity contribution in [3.05, 3.63) is 58.7 Å². The van der Waals surface area contributed by atoms with Gasteiger partial charge in [-0.3, -0.25) is 4.79 Å². The molecule has 0 saturated carbocycles. The van der Waals surface area contributed by atoms with Crippen molar-refractivity contribution in [3.8, 4) is 5.75 Å². The van der Waals surface area contributed by atoms with Crippen LogP contribution in [0.5, 0.6) is 5.75 Å². The molecular weight excluding hydrogens is 330 g/mol. The van der Waals surface area contributed by atoms with E-state index in [0.29, 0.717) is 11.4 Å². The smallest absolute Gasteiger partial charge is 0.344 e. The summed E-state index contributed by atoms with van der Waals surface area (Å²) in [5.74, 6) is -0.343. The van der Waals surface area contributed by atoms with E-state index >= 15 is 0 Å². The molecule has 5 heteroatoms. The summed E-state index contributed by atoms with van der Waals surface area (Å²) in [6.45, 7) is 9.09. The molecule has 0 unspecified atom stereocenters. The largest absolute Gasteiger partial charge is 0.482 e. The van der Waals surface area contributed by atoms with Crippen LogP contribution < -0.4 is 10.1 Å². The molecule has 1 atom stereocenters. The Hall–Kier alpha value is -2.82. The van der Waals surface area contributed by atoms with E-state index in [4.69, 9.17) is 9.47 Å². The summed E-state index contributed by atoms with van der Waals surface area (Å²) in [4.78, 5) is 24.2. The molecule has 0 aliphatic carbocycles. The molecule has 0 heterocycles. The fourth-order valence-electron chi connectivity index (χ4n) is 2.57. The van der Waals surface area contributed by atoms with E-state index in [1.165, 1.54) is 6.92 Å². The Kier molecular flexibility index (Phi) is 6.39. The Morgan fingerprint density at radius 2 is 1.58 bits per heavy atom. The van der Waals surface area contributed by atoms with Crippen molar-refractivity contribution < 1.29 is 19.1 Å². The van der Waals surface area contributed by atoms with Gasteiger partial charge >= 0.3 is 5.97 Å². The molecule has 0 radical (unpaired) electrons. The Morgan fingerprint density at radius 3 is 2.19 bits per heavy atom. The number of rotatable bonds is 6. The number of esters is 1. The average Bonchev–Trinajstić information content (AvgIpc) is 2.56. The van der Waals surface area contributed by atoms with Crippen molar-refractivity contribution in [2.24, 2.45) is 0 Å². The number of nitrogens with one attached hydrogen (secondary N) is 1. The SMILES string of the molecule is Cc1ccc(NC(=O)[C@H](C)OC(=O)COc2ccc(C)cc2C)c(C)c1. The predicted octanol–water partition coefficient (Wildman–Crippen LogP) is 3.87. The van der Waals surface area contributed by atoms with Gasteiger partial charge in [0.05, 0.1) is 0 Å². The van der Waals surface area contributed by atoms with E-state index in [-0.39, 0.29) is 12.5 Å². The van der Waals surface area contributed by atoms with Gasteiger partial charge in [-0.25, -0.2) is 4.79 Å². The van der Waals surface area contributed by atoms with Crippen LogP contribution in [0, 0.1) is 27.7 Å². The minimum atomic E-state index is -0.911. The number of benzene rings is 2. The summed E-state index contributed by atoms with van der Waals surface area (Å²) in [7, 11) is 0. The van der Waals surface area contributed by atoms with Crippen LogP contribution in [0.3, 0.4) is 0 Å². The summed E-state index contributed by atoms with van der Waals surface area (Å²) in [6.07, 6.45) is -0.911. The van der Waals surface area contributed by atoms with Crippen molar-refractivity contribution in [2.45, 2.75) is 40.7 Å². The molecule has 1 N–H and O–H groups in total. The molecule has 0 aromatic heterocycles. The molecular formula is C21H25NO4. The topological polar surface area (TPSA) is 64.6 Å². The van der Waals surface area contributed by atoms with Gasteiger partial charge in [0.15, 0.2) is 12.7 Å². The van der Waals surface area contributed by atoms with E-state index in [1.54, 1.807) is 0 Å². The van der Waals surface area contributed by atoms with Gasteiger partial charge in [0.2, 0.25) is 0 Å². The first-order valence-electron chi connectivity index (χ1n) is 8.54. The molecule has 0 fully saturated rings. The maximum absolute atomic E-state index is 12.2. The predicted molar refractivity (Wildman–Crippen MR) is 102 cm³/mol. The maximum Gasteiger partial charge on any atom is 0.344 e. The van der Waals surface area contributed by atoms with E-state index in [1.807, 2.05) is 64.1 Å². The van der Waals surface area contributed by atoms with E-state index in [0.717, 1.165) is 22.3 Å². The normalized spacial score (nSPS) is 11.6. The Morgan fingerprint density at radius 1 is 0.962 bits per heavy atom. The van der Waals surface area contributed by atoms with E-state index < -0.39 is 12.1 Å². The molecule has 2 rings (SSSR count). The first-order valence-corrected chi connectivity index (χ1v) is 8.54. The molecule has 2 aromatic rings. The lowest BCUT2D eigenvalue weighted by molar-refractivity contribution is -0.155. The molecule has 2 aromatic carbocycles. The zero-order chi connectivity index (χ0) is 19.3. The van der Waals surface area contributed by atoms with Crippen molar-refractivity contribution in [1.82, 2.24) is 0 Å². The van der Waals surface area contributed by atoms with Crippen LogP contribution in [0.25, 0.3) is 0 Å². The summed E-state index contributed by atoms with van der Waals surface area (Å²) < 4.78 is 10.6. The van der Waals surface area contributed by atoms with Crippen LogP contribution >= 0.6 is 0 Å². The summed E-state index contributed by atoms with van der Waals surface area (Å²) >= 11 is 0. The lowest BCUT2D eigenvalue weighted by Crippen LogP contribution is -2.31. The molecule has 5 nitrogen and oxygen atoms in total. The van der Waals surface area contributed by atoms with Crippen molar-refractivity contribution in [1.29, 1.82) is 0 Å². The maximum atomic E-state index is 12.2. The fourth-order valence-corrected chi connectivity index (χ4v) is 2.57. The van der Waals surface area contributed by atoms with Gasteiger partial charge in [0, 0.05) is 5.69 Å². The number of amides is 1. The van der Waals surface area contributed by atoms with Gasteiger partial charge in [0.1, 0.15) is 5.75 Å². The highest BCUT2D eigenvalue weighted by atomic mass is 16.6. The molecule has 0 spiro atoms. The van der Waals surface area contributed by atoms with Crippen LogP contribution in [0.2, 0.25) is 0 Å². The third kappa shape index (κ3) is 5.34. The quantitative estimate of drug-likeness (QED) is 0.799. The van der Waals surface area contributed by atoms with Crippen molar-refractivity contribution in [2.75, 3.05) is 11.9 Å². The van der Waals surface area contributed by atoms with E-state index in [2.05, 4.69) is 5.32 Å². The first-order chi connectivity index (χ1) is 12.3. The Labute approximate surface area is 154 Å². The third-order valence-electron chi connectivity index (χ3n) is 3.99. The van der Waals surface area contributed by atoms with Gasteiger partial charge < -0.3 is 14.8 Å². The summed E-state index contributed by atoms with van der Waals surface area (Å²) in [5, 5.41) is 2.77. The lowest BCUT2D eigenvalue weighted by atomic mass is 10.1. The average molecular weight is 355 g/mol. The number of anilines is 1. The minimum absolute atomic E-state index is 0.245. The van der Waals surface area contributed by atoms with Gasteiger partial charge in [-0.1, -0.05) is 35.4 Å². The fraction of sp³-hybridized carbons (Fsp3) is 0.333.